The molecule has 0 heterocycles. The molecular weight excluding hydrogens is 257 g/mol. The maximum absolute atomic E-state index is 13.3. The fraction of sp³-hybridized carbons (Fsp3) is 0.250. The van der Waals surface area contributed by atoms with Crippen molar-refractivity contribution in [3.05, 3.63) is 59.4 Å². The normalized spacial score (nSPS) is 10.6. The van der Waals surface area contributed by atoms with Crippen LogP contribution in [0.2, 0.25) is 0 Å². The number of nitrogens with one attached hydrogen (secondary N) is 1. The van der Waals surface area contributed by atoms with E-state index in [-0.39, 0.29) is 12.4 Å². The Morgan fingerprint density at radius 1 is 1.10 bits per heavy atom. The maximum atomic E-state index is 13.3. The summed E-state index contributed by atoms with van der Waals surface area (Å²) in [6.07, 6.45) is 0.527. The van der Waals surface area contributed by atoms with Crippen LogP contribution < -0.4 is 10.1 Å². The fourth-order valence-electron chi connectivity index (χ4n) is 2.03. The maximum Gasteiger partial charge on any atom is 0.132 e. The van der Waals surface area contributed by atoms with Gasteiger partial charge in [-0.1, -0.05) is 18.2 Å². The smallest absolute Gasteiger partial charge is 0.132 e. The minimum Gasteiger partial charge on any atom is -0.457 e. The summed E-state index contributed by atoms with van der Waals surface area (Å²) in [5.41, 5.74) is 1.68. The van der Waals surface area contributed by atoms with Gasteiger partial charge in [0.15, 0.2) is 0 Å². The third-order valence-corrected chi connectivity index (χ3v) is 2.96. The molecule has 2 N–H and O–H groups in total. The molecule has 2 aromatic carbocycles. The lowest BCUT2D eigenvalue weighted by molar-refractivity contribution is 0.298. The Morgan fingerprint density at radius 2 is 1.85 bits per heavy atom. The molecule has 0 fully saturated rings. The number of aliphatic hydroxyl groups is 1. The standard InChI is InChI=1S/C16H18FNO2/c1-18-11-13-10-14(17)6-7-16(13)20-15-5-3-2-4-12(15)8-9-19/h2-7,10,18-19H,8-9,11H2,1H3. The second-order valence-electron chi connectivity index (χ2n) is 4.47. The van der Waals surface area contributed by atoms with Gasteiger partial charge in [0, 0.05) is 18.7 Å². The number of aliphatic hydroxyl groups excluding tert-OH is 1. The number of ether oxygens (including phenoxy) is 1. The molecule has 106 valence electrons. The number of para-hydroxylation sites is 1. The summed E-state index contributed by atoms with van der Waals surface area (Å²) in [5, 5.41) is 12.1. The van der Waals surface area contributed by atoms with Crippen LogP contribution in [0.15, 0.2) is 42.5 Å². The minimum absolute atomic E-state index is 0.0627. The van der Waals surface area contributed by atoms with Gasteiger partial charge in [-0.3, -0.25) is 0 Å². The van der Waals surface area contributed by atoms with E-state index in [0.29, 0.717) is 24.5 Å². The molecule has 0 bridgehead atoms. The SMILES string of the molecule is CNCc1cc(F)ccc1Oc1ccccc1CCO. The summed E-state index contributed by atoms with van der Waals surface area (Å²) < 4.78 is 19.2. The highest BCUT2D eigenvalue weighted by atomic mass is 19.1. The van der Waals surface area contributed by atoms with Gasteiger partial charge in [-0.2, -0.15) is 0 Å². The predicted octanol–water partition coefficient (Wildman–Crippen LogP) is 2.87. The number of hydrogen-bond acceptors (Lipinski definition) is 3. The topological polar surface area (TPSA) is 41.5 Å². The molecule has 0 aliphatic rings. The molecule has 0 saturated heterocycles. The minimum atomic E-state index is -0.286. The van der Waals surface area contributed by atoms with E-state index in [1.165, 1.54) is 12.1 Å². The molecule has 2 rings (SSSR count). The van der Waals surface area contributed by atoms with Crippen LogP contribution in [0.1, 0.15) is 11.1 Å². The summed E-state index contributed by atoms with van der Waals surface area (Å²) in [4.78, 5) is 0. The van der Waals surface area contributed by atoms with Crippen LogP contribution in [0.3, 0.4) is 0 Å². The van der Waals surface area contributed by atoms with Crippen molar-refractivity contribution in [1.29, 1.82) is 0 Å². The lowest BCUT2D eigenvalue weighted by Crippen LogP contribution is -2.07. The van der Waals surface area contributed by atoms with E-state index < -0.39 is 0 Å². The van der Waals surface area contributed by atoms with Crippen LogP contribution >= 0.6 is 0 Å². The van der Waals surface area contributed by atoms with Crippen molar-refractivity contribution < 1.29 is 14.2 Å². The Kier molecular flexibility index (Phi) is 5.09. The predicted molar refractivity (Wildman–Crippen MR) is 76.5 cm³/mol. The van der Waals surface area contributed by atoms with Gasteiger partial charge in [-0.25, -0.2) is 4.39 Å². The van der Waals surface area contributed by atoms with Gasteiger partial charge in [-0.15, -0.1) is 0 Å². The monoisotopic (exact) mass is 275 g/mol. The molecule has 0 atom stereocenters. The molecule has 0 amide bonds. The zero-order chi connectivity index (χ0) is 14.4. The highest BCUT2D eigenvalue weighted by Gasteiger charge is 2.09. The van der Waals surface area contributed by atoms with Gasteiger partial charge in [0.05, 0.1) is 0 Å². The van der Waals surface area contributed by atoms with Crippen molar-refractivity contribution in [2.75, 3.05) is 13.7 Å². The first-order valence-corrected chi connectivity index (χ1v) is 6.54. The van der Waals surface area contributed by atoms with E-state index in [2.05, 4.69) is 5.32 Å². The van der Waals surface area contributed by atoms with E-state index >= 15 is 0 Å². The Bertz CT molecular complexity index is 572. The number of halogens is 1. The molecule has 2 aromatic rings. The summed E-state index contributed by atoms with van der Waals surface area (Å²) in [5.74, 6) is 1.02. The van der Waals surface area contributed by atoms with Crippen LogP contribution in [0, 0.1) is 5.82 Å². The van der Waals surface area contributed by atoms with Crippen molar-refractivity contribution in [3.8, 4) is 11.5 Å². The molecule has 0 aromatic heterocycles. The molecule has 0 spiro atoms. The van der Waals surface area contributed by atoms with Crippen LogP contribution in [0.5, 0.6) is 11.5 Å². The van der Waals surface area contributed by atoms with Gasteiger partial charge in [0.2, 0.25) is 0 Å². The first-order valence-electron chi connectivity index (χ1n) is 6.54. The lowest BCUT2D eigenvalue weighted by atomic mass is 10.1. The Hall–Kier alpha value is -1.91. The Labute approximate surface area is 118 Å². The molecule has 0 radical (unpaired) electrons. The lowest BCUT2D eigenvalue weighted by Gasteiger charge is -2.14. The van der Waals surface area contributed by atoms with Gasteiger partial charge in [-0.05, 0) is 43.3 Å². The molecule has 4 heteroatoms. The zero-order valence-electron chi connectivity index (χ0n) is 11.4. The molecule has 20 heavy (non-hydrogen) atoms. The summed E-state index contributed by atoms with van der Waals surface area (Å²) in [6, 6.07) is 12.0. The van der Waals surface area contributed by atoms with Crippen molar-refractivity contribution in [2.24, 2.45) is 0 Å². The van der Waals surface area contributed by atoms with E-state index in [1.807, 2.05) is 24.3 Å². The van der Waals surface area contributed by atoms with Crippen molar-refractivity contribution >= 4 is 0 Å². The third kappa shape index (κ3) is 3.56. The number of hydrogen-bond donors (Lipinski definition) is 2. The van der Waals surface area contributed by atoms with E-state index in [0.717, 1.165) is 11.1 Å². The fourth-order valence-corrected chi connectivity index (χ4v) is 2.03. The molecule has 0 unspecified atom stereocenters. The van der Waals surface area contributed by atoms with Crippen LogP contribution in [0.4, 0.5) is 4.39 Å². The highest BCUT2D eigenvalue weighted by molar-refractivity contribution is 5.41. The third-order valence-electron chi connectivity index (χ3n) is 2.96. The summed E-state index contributed by atoms with van der Waals surface area (Å²) >= 11 is 0. The van der Waals surface area contributed by atoms with E-state index in [1.54, 1.807) is 13.1 Å². The van der Waals surface area contributed by atoms with E-state index in [9.17, 15) is 4.39 Å². The second-order valence-corrected chi connectivity index (χ2v) is 4.47. The average molecular weight is 275 g/mol. The highest BCUT2D eigenvalue weighted by Crippen LogP contribution is 2.29. The molecule has 0 aliphatic carbocycles. The molecule has 0 aliphatic heterocycles. The quantitative estimate of drug-likeness (QED) is 0.851. The Balaban J connectivity index is 2.29. The van der Waals surface area contributed by atoms with E-state index in [4.69, 9.17) is 9.84 Å². The van der Waals surface area contributed by atoms with Gasteiger partial charge >= 0.3 is 0 Å². The first kappa shape index (κ1) is 14.5. The summed E-state index contributed by atoms with van der Waals surface area (Å²) in [7, 11) is 1.80. The van der Waals surface area contributed by atoms with Gasteiger partial charge < -0.3 is 15.2 Å². The average Bonchev–Trinajstić information content (AvgIpc) is 2.44. The van der Waals surface area contributed by atoms with Crippen molar-refractivity contribution in [3.63, 3.8) is 0 Å². The van der Waals surface area contributed by atoms with Gasteiger partial charge in [0.1, 0.15) is 17.3 Å². The largest absolute Gasteiger partial charge is 0.457 e. The molecule has 3 nitrogen and oxygen atoms in total. The molecule has 0 saturated carbocycles. The zero-order valence-corrected chi connectivity index (χ0v) is 11.4. The van der Waals surface area contributed by atoms with Crippen LogP contribution in [-0.4, -0.2) is 18.8 Å². The van der Waals surface area contributed by atoms with Crippen molar-refractivity contribution in [2.45, 2.75) is 13.0 Å². The number of rotatable bonds is 6. The van der Waals surface area contributed by atoms with Crippen molar-refractivity contribution in [1.82, 2.24) is 5.32 Å². The van der Waals surface area contributed by atoms with Gasteiger partial charge in [0.25, 0.3) is 0 Å². The Morgan fingerprint density at radius 3 is 2.60 bits per heavy atom. The van der Waals surface area contributed by atoms with Crippen LogP contribution in [-0.2, 0) is 13.0 Å². The van der Waals surface area contributed by atoms with Crippen LogP contribution in [0.25, 0.3) is 0 Å². The first-order chi connectivity index (χ1) is 9.74. The molecular formula is C16H18FNO2. The summed E-state index contributed by atoms with van der Waals surface area (Å²) in [6.45, 7) is 0.586. The second kappa shape index (κ2) is 7.03. The number of benzene rings is 2.